The summed E-state index contributed by atoms with van der Waals surface area (Å²) in [7, 11) is 0. The molecule has 1 unspecified atom stereocenters. The summed E-state index contributed by atoms with van der Waals surface area (Å²) < 4.78 is 11.3. The molecule has 1 aromatic heterocycles. The van der Waals surface area contributed by atoms with Gasteiger partial charge in [-0.05, 0) is 13.8 Å². The van der Waals surface area contributed by atoms with Gasteiger partial charge in [-0.3, -0.25) is 0 Å². The van der Waals surface area contributed by atoms with Crippen LogP contribution in [0.3, 0.4) is 0 Å². The zero-order chi connectivity index (χ0) is 14.7. The molecule has 0 radical (unpaired) electrons. The van der Waals surface area contributed by atoms with E-state index in [1.807, 2.05) is 32.0 Å². The van der Waals surface area contributed by atoms with Gasteiger partial charge < -0.3 is 14.8 Å². The summed E-state index contributed by atoms with van der Waals surface area (Å²) in [6.45, 7) is 6.08. The van der Waals surface area contributed by atoms with Crippen LogP contribution in [0.4, 0.5) is 0 Å². The molecule has 3 rings (SSSR count). The molecule has 0 saturated carbocycles. The highest BCUT2D eigenvalue weighted by molar-refractivity contribution is 7.09. The number of ether oxygens (including phenoxy) is 2. The maximum absolute atomic E-state index is 5.76. The standard InChI is InChI=1S/C16H20N2O2S/c1-16(2)19-10-13(20-16)8-17-9-15-18-14(11-21-15)12-6-4-3-5-7-12/h3-7,11,13,17H,8-10H2,1-2H3. The minimum Gasteiger partial charge on any atom is -0.348 e. The molecular weight excluding hydrogens is 284 g/mol. The van der Waals surface area contributed by atoms with Crippen molar-refractivity contribution in [3.63, 3.8) is 0 Å². The highest BCUT2D eigenvalue weighted by Crippen LogP contribution is 2.23. The second kappa shape index (κ2) is 6.23. The average Bonchev–Trinajstić information content (AvgIpc) is 3.07. The number of hydrogen-bond acceptors (Lipinski definition) is 5. The predicted octanol–water partition coefficient (Wildman–Crippen LogP) is 3.05. The molecule has 0 amide bonds. The topological polar surface area (TPSA) is 43.4 Å². The lowest BCUT2D eigenvalue weighted by Crippen LogP contribution is -2.30. The van der Waals surface area contributed by atoms with E-state index in [9.17, 15) is 0 Å². The van der Waals surface area contributed by atoms with E-state index in [2.05, 4.69) is 27.8 Å². The maximum atomic E-state index is 5.76. The Morgan fingerprint density at radius 1 is 1.33 bits per heavy atom. The normalized spacial score (nSPS) is 20.8. The Bertz CT molecular complexity index is 583. The van der Waals surface area contributed by atoms with Crippen LogP contribution >= 0.6 is 11.3 Å². The number of thiazole rings is 1. The lowest BCUT2D eigenvalue weighted by Gasteiger charge is -2.17. The van der Waals surface area contributed by atoms with Crippen LogP contribution in [0.15, 0.2) is 35.7 Å². The van der Waals surface area contributed by atoms with E-state index >= 15 is 0 Å². The Hall–Kier alpha value is -1.27. The fourth-order valence-electron chi connectivity index (χ4n) is 2.34. The van der Waals surface area contributed by atoms with E-state index in [0.29, 0.717) is 6.61 Å². The molecule has 2 aromatic rings. The van der Waals surface area contributed by atoms with Gasteiger partial charge in [0.15, 0.2) is 5.79 Å². The second-order valence-corrected chi connectivity index (χ2v) is 6.52. The first-order valence-electron chi connectivity index (χ1n) is 7.15. The van der Waals surface area contributed by atoms with Gasteiger partial charge >= 0.3 is 0 Å². The molecule has 2 heterocycles. The SMILES string of the molecule is CC1(C)OCC(CNCc2nc(-c3ccccc3)cs2)O1. The van der Waals surface area contributed by atoms with Crippen molar-refractivity contribution in [3.05, 3.63) is 40.7 Å². The third kappa shape index (κ3) is 3.89. The average molecular weight is 304 g/mol. The highest BCUT2D eigenvalue weighted by atomic mass is 32.1. The molecule has 21 heavy (non-hydrogen) atoms. The lowest BCUT2D eigenvalue weighted by atomic mass is 10.2. The lowest BCUT2D eigenvalue weighted by molar-refractivity contribution is -0.137. The quantitative estimate of drug-likeness (QED) is 0.922. The van der Waals surface area contributed by atoms with Gasteiger partial charge in [-0.2, -0.15) is 0 Å². The molecule has 1 N–H and O–H groups in total. The van der Waals surface area contributed by atoms with Crippen LogP contribution in [-0.2, 0) is 16.0 Å². The van der Waals surface area contributed by atoms with Crippen LogP contribution in [0.1, 0.15) is 18.9 Å². The van der Waals surface area contributed by atoms with Crippen molar-refractivity contribution < 1.29 is 9.47 Å². The monoisotopic (exact) mass is 304 g/mol. The zero-order valence-electron chi connectivity index (χ0n) is 12.3. The third-order valence-electron chi connectivity index (χ3n) is 3.34. The van der Waals surface area contributed by atoms with E-state index in [0.717, 1.165) is 29.4 Å². The van der Waals surface area contributed by atoms with Crippen molar-refractivity contribution in [2.75, 3.05) is 13.2 Å². The summed E-state index contributed by atoms with van der Waals surface area (Å²) in [5, 5.41) is 6.58. The van der Waals surface area contributed by atoms with Crippen molar-refractivity contribution in [2.45, 2.75) is 32.3 Å². The number of benzene rings is 1. The molecule has 5 heteroatoms. The molecule has 112 valence electrons. The second-order valence-electron chi connectivity index (χ2n) is 5.57. The maximum Gasteiger partial charge on any atom is 0.163 e. The number of hydrogen-bond donors (Lipinski definition) is 1. The van der Waals surface area contributed by atoms with Crippen LogP contribution < -0.4 is 5.32 Å². The number of aromatic nitrogens is 1. The Kier molecular flexibility index (Phi) is 4.35. The number of nitrogens with zero attached hydrogens (tertiary/aromatic N) is 1. The summed E-state index contributed by atoms with van der Waals surface area (Å²) in [6.07, 6.45) is 0.119. The van der Waals surface area contributed by atoms with E-state index in [-0.39, 0.29) is 6.10 Å². The van der Waals surface area contributed by atoms with Crippen LogP contribution in [0.2, 0.25) is 0 Å². The molecule has 1 aliphatic rings. The first-order chi connectivity index (χ1) is 10.1. The van der Waals surface area contributed by atoms with Crippen LogP contribution in [0.25, 0.3) is 11.3 Å². The molecule has 0 aliphatic carbocycles. The molecule has 4 nitrogen and oxygen atoms in total. The van der Waals surface area contributed by atoms with Gasteiger partial charge in [0, 0.05) is 24.0 Å². The summed E-state index contributed by atoms with van der Waals surface area (Å²) in [5.74, 6) is -0.450. The summed E-state index contributed by atoms with van der Waals surface area (Å²) in [6, 6.07) is 10.2. The molecule has 1 atom stereocenters. The number of nitrogens with one attached hydrogen (secondary N) is 1. The van der Waals surface area contributed by atoms with Crippen molar-refractivity contribution in [3.8, 4) is 11.3 Å². The Labute approximate surface area is 129 Å². The fourth-order valence-corrected chi connectivity index (χ4v) is 3.11. The summed E-state index contributed by atoms with van der Waals surface area (Å²) in [5.41, 5.74) is 2.20. The van der Waals surface area contributed by atoms with Gasteiger partial charge in [-0.25, -0.2) is 4.98 Å². The molecule has 1 fully saturated rings. The van der Waals surface area contributed by atoms with Crippen molar-refractivity contribution in [1.29, 1.82) is 0 Å². The van der Waals surface area contributed by atoms with Crippen LogP contribution in [0.5, 0.6) is 0 Å². The van der Waals surface area contributed by atoms with Crippen molar-refractivity contribution in [1.82, 2.24) is 10.3 Å². The highest BCUT2D eigenvalue weighted by Gasteiger charge is 2.32. The van der Waals surface area contributed by atoms with Gasteiger partial charge in [-0.1, -0.05) is 30.3 Å². The Balaban J connectivity index is 1.50. The minimum absolute atomic E-state index is 0.119. The van der Waals surface area contributed by atoms with Gasteiger partial charge in [-0.15, -0.1) is 11.3 Å². The van der Waals surface area contributed by atoms with E-state index in [1.165, 1.54) is 0 Å². The van der Waals surface area contributed by atoms with Gasteiger partial charge in [0.25, 0.3) is 0 Å². The van der Waals surface area contributed by atoms with Gasteiger partial charge in [0.05, 0.1) is 18.4 Å². The Morgan fingerprint density at radius 3 is 2.86 bits per heavy atom. The van der Waals surface area contributed by atoms with Crippen molar-refractivity contribution in [2.24, 2.45) is 0 Å². The van der Waals surface area contributed by atoms with Crippen molar-refractivity contribution >= 4 is 11.3 Å². The largest absolute Gasteiger partial charge is 0.348 e. The van der Waals surface area contributed by atoms with E-state index in [1.54, 1.807) is 11.3 Å². The van der Waals surface area contributed by atoms with E-state index < -0.39 is 5.79 Å². The summed E-state index contributed by atoms with van der Waals surface area (Å²) >= 11 is 1.68. The summed E-state index contributed by atoms with van der Waals surface area (Å²) in [4.78, 5) is 4.66. The molecule has 0 bridgehead atoms. The third-order valence-corrected chi connectivity index (χ3v) is 4.19. The molecular formula is C16H20N2O2S. The molecule has 1 aromatic carbocycles. The zero-order valence-corrected chi connectivity index (χ0v) is 13.2. The van der Waals surface area contributed by atoms with Gasteiger partial charge in [0.1, 0.15) is 5.01 Å². The number of rotatable bonds is 5. The minimum atomic E-state index is -0.450. The molecule has 0 spiro atoms. The van der Waals surface area contributed by atoms with Crippen LogP contribution in [0, 0.1) is 0 Å². The Morgan fingerprint density at radius 2 is 2.14 bits per heavy atom. The molecule has 1 saturated heterocycles. The smallest absolute Gasteiger partial charge is 0.163 e. The van der Waals surface area contributed by atoms with E-state index in [4.69, 9.17) is 9.47 Å². The first-order valence-corrected chi connectivity index (χ1v) is 8.03. The first kappa shape index (κ1) is 14.7. The van der Waals surface area contributed by atoms with Crippen LogP contribution in [-0.4, -0.2) is 30.0 Å². The fraction of sp³-hybridized carbons (Fsp3) is 0.438. The molecule has 1 aliphatic heterocycles. The van der Waals surface area contributed by atoms with Gasteiger partial charge in [0.2, 0.25) is 0 Å². The predicted molar refractivity (Wildman–Crippen MR) is 84.2 cm³/mol.